The molecule has 0 N–H and O–H groups in total. The van der Waals surface area contributed by atoms with Gasteiger partial charge in [-0.1, -0.05) is 48.5 Å². The lowest BCUT2D eigenvalue weighted by molar-refractivity contribution is 0.0641. The normalized spacial score (nSPS) is 28.3. The molecule has 3 heteroatoms. The van der Waals surface area contributed by atoms with Gasteiger partial charge in [0.15, 0.2) is 11.5 Å². The number of hydrogen-bond acceptors (Lipinski definition) is 3. The van der Waals surface area contributed by atoms with Gasteiger partial charge in [-0.2, -0.15) is 0 Å². The molecule has 1 fully saturated rings. The summed E-state index contributed by atoms with van der Waals surface area (Å²) >= 11 is 0. The van der Waals surface area contributed by atoms with Gasteiger partial charge in [-0.15, -0.1) is 0 Å². The van der Waals surface area contributed by atoms with E-state index >= 15 is 0 Å². The fourth-order valence-electron chi connectivity index (χ4n) is 5.48. The van der Waals surface area contributed by atoms with Crippen LogP contribution >= 0.6 is 0 Å². The zero-order chi connectivity index (χ0) is 16.8. The largest absolute Gasteiger partial charge is 0.454 e. The van der Waals surface area contributed by atoms with Gasteiger partial charge in [0.2, 0.25) is 6.79 Å². The molecule has 3 aromatic rings. The third-order valence-electron chi connectivity index (χ3n) is 6.45. The molecule has 2 bridgehead atoms. The summed E-state index contributed by atoms with van der Waals surface area (Å²) in [5.41, 5.74) is 8.06. The number of fused-ring (bicyclic) bond motifs is 14. The molecular weight excluding hydrogens is 324 g/mol. The Bertz CT molecular complexity index is 1000. The minimum Gasteiger partial charge on any atom is -0.454 e. The first-order chi connectivity index (χ1) is 12.9. The summed E-state index contributed by atoms with van der Waals surface area (Å²) < 4.78 is 17.8. The third-order valence-corrected chi connectivity index (χ3v) is 6.45. The lowest BCUT2D eigenvalue weighted by Crippen LogP contribution is -2.23. The topological polar surface area (TPSA) is 27.7 Å². The van der Waals surface area contributed by atoms with Gasteiger partial charge in [0.25, 0.3) is 0 Å². The molecule has 26 heavy (non-hydrogen) atoms. The lowest BCUT2D eigenvalue weighted by atomic mass is 9.64. The molecule has 1 saturated heterocycles. The van der Waals surface area contributed by atoms with Gasteiger partial charge in [0, 0.05) is 11.8 Å². The first-order valence-corrected chi connectivity index (χ1v) is 9.17. The maximum absolute atomic E-state index is 6.57. The second kappa shape index (κ2) is 4.49. The molecule has 1 aliphatic carbocycles. The van der Waals surface area contributed by atoms with Crippen molar-refractivity contribution in [2.75, 3.05) is 6.79 Å². The Morgan fingerprint density at radius 3 is 1.65 bits per heavy atom. The Kier molecular flexibility index (Phi) is 2.32. The van der Waals surface area contributed by atoms with Gasteiger partial charge in [-0.3, -0.25) is 0 Å². The molecule has 0 aromatic heterocycles. The standard InChI is InChI=1S/C23H16O3/c1-3-7-14-12(5-1)13-6-2-4-8-15(13)21-20(14)22-16-9-18-19(25-11-24-18)10-17(16)23(21)26-22/h1-10,20-23H,11H2/t20-,21+,22+,23-. The average Bonchev–Trinajstić information content (AvgIpc) is 3.40. The first kappa shape index (κ1) is 13.4. The summed E-state index contributed by atoms with van der Waals surface area (Å²) in [5.74, 6) is 2.42. The Hall–Kier alpha value is -2.78. The fourth-order valence-corrected chi connectivity index (χ4v) is 5.48. The number of rotatable bonds is 0. The van der Waals surface area contributed by atoms with E-state index < -0.39 is 0 Å². The summed E-state index contributed by atoms with van der Waals surface area (Å²) in [4.78, 5) is 0. The minimum atomic E-state index is 0.0870. The van der Waals surface area contributed by atoms with Crippen molar-refractivity contribution in [2.24, 2.45) is 0 Å². The average molecular weight is 340 g/mol. The van der Waals surface area contributed by atoms with E-state index in [1.54, 1.807) is 0 Å². The zero-order valence-electron chi connectivity index (χ0n) is 14.0. The van der Waals surface area contributed by atoms with Crippen LogP contribution in [0.5, 0.6) is 11.5 Å². The Morgan fingerprint density at radius 1 is 0.615 bits per heavy atom. The van der Waals surface area contributed by atoms with Crippen LogP contribution in [0.15, 0.2) is 60.7 Å². The third kappa shape index (κ3) is 1.45. The Morgan fingerprint density at radius 2 is 1.12 bits per heavy atom. The van der Waals surface area contributed by atoms with Gasteiger partial charge in [0.05, 0.1) is 12.2 Å². The zero-order valence-corrected chi connectivity index (χ0v) is 14.0. The molecule has 3 nitrogen and oxygen atoms in total. The van der Waals surface area contributed by atoms with E-state index in [-0.39, 0.29) is 12.2 Å². The van der Waals surface area contributed by atoms with E-state index in [9.17, 15) is 0 Å². The second-order valence-corrected chi connectivity index (χ2v) is 7.54. The maximum atomic E-state index is 6.57. The Labute approximate surface area is 151 Å². The van der Waals surface area contributed by atoms with Crippen molar-refractivity contribution in [1.82, 2.24) is 0 Å². The highest BCUT2D eigenvalue weighted by atomic mass is 16.7. The van der Waals surface area contributed by atoms with Crippen LogP contribution in [0.2, 0.25) is 0 Å². The van der Waals surface area contributed by atoms with Crippen LogP contribution < -0.4 is 9.47 Å². The van der Waals surface area contributed by atoms with Crippen molar-refractivity contribution < 1.29 is 14.2 Å². The monoisotopic (exact) mass is 340 g/mol. The van der Waals surface area contributed by atoms with Gasteiger partial charge < -0.3 is 14.2 Å². The first-order valence-electron chi connectivity index (χ1n) is 9.17. The molecular formula is C23H16O3. The van der Waals surface area contributed by atoms with Gasteiger partial charge in [-0.05, 0) is 45.5 Å². The summed E-state index contributed by atoms with van der Waals surface area (Å²) in [5, 5.41) is 0. The van der Waals surface area contributed by atoms with E-state index in [1.807, 2.05) is 0 Å². The number of ether oxygens (including phenoxy) is 3. The van der Waals surface area contributed by atoms with Crippen molar-refractivity contribution >= 4 is 0 Å². The van der Waals surface area contributed by atoms with Crippen molar-refractivity contribution in [1.29, 1.82) is 0 Å². The highest BCUT2D eigenvalue weighted by Crippen LogP contribution is 2.68. The molecule has 126 valence electrons. The van der Waals surface area contributed by atoms with E-state index in [4.69, 9.17) is 14.2 Å². The molecule has 4 aliphatic rings. The van der Waals surface area contributed by atoms with Crippen molar-refractivity contribution in [3.8, 4) is 22.6 Å². The molecule has 0 spiro atoms. The maximum Gasteiger partial charge on any atom is 0.231 e. The second-order valence-electron chi connectivity index (χ2n) is 7.54. The van der Waals surface area contributed by atoms with Crippen molar-refractivity contribution in [3.63, 3.8) is 0 Å². The molecule has 0 radical (unpaired) electrons. The quantitative estimate of drug-likeness (QED) is 0.570. The molecule has 4 atom stereocenters. The predicted octanol–water partition coefficient (Wildman–Crippen LogP) is 5.09. The fraction of sp³-hybridized carbons (Fsp3) is 0.217. The van der Waals surface area contributed by atoms with Gasteiger partial charge in [0.1, 0.15) is 0 Å². The smallest absolute Gasteiger partial charge is 0.231 e. The van der Waals surface area contributed by atoms with Gasteiger partial charge in [-0.25, -0.2) is 0 Å². The van der Waals surface area contributed by atoms with Crippen LogP contribution in [0.1, 0.15) is 46.3 Å². The van der Waals surface area contributed by atoms with E-state index in [1.165, 1.54) is 33.4 Å². The van der Waals surface area contributed by atoms with E-state index in [2.05, 4.69) is 60.7 Å². The molecule has 3 aliphatic heterocycles. The highest BCUT2D eigenvalue weighted by Gasteiger charge is 2.56. The SMILES string of the molecule is c1ccc2c(c1)-c1ccccc1[C@H]1[C@@H]2[C@H]2O[C@@H]1c1cc3c(cc12)OCO3. The Balaban J connectivity index is 1.51. The van der Waals surface area contributed by atoms with Crippen LogP contribution in [0.4, 0.5) is 0 Å². The highest BCUT2D eigenvalue weighted by molar-refractivity contribution is 5.77. The lowest BCUT2D eigenvalue weighted by Gasteiger charge is -2.36. The molecule has 3 heterocycles. The summed E-state index contributed by atoms with van der Waals surface area (Å²) in [6.45, 7) is 0.312. The van der Waals surface area contributed by atoms with E-state index in [0.29, 0.717) is 18.6 Å². The molecule has 0 saturated carbocycles. The minimum absolute atomic E-state index is 0.0870. The number of benzene rings is 3. The van der Waals surface area contributed by atoms with Crippen LogP contribution in [0.3, 0.4) is 0 Å². The van der Waals surface area contributed by atoms with E-state index in [0.717, 1.165) is 11.5 Å². The molecule has 0 amide bonds. The summed E-state index contributed by atoms with van der Waals surface area (Å²) in [6.07, 6.45) is 0.174. The predicted molar refractivity (Wildman–Crippen MR) is 96.5 cm³/mol. The van der Waals surface area contributed by atoms with Gasteiger partial charge >= 0.3 is 0 Å². The van der Waals surface area contributed by atoms with Crippen LogP contribution in [0, 0.1) is 0 Å². The summed E-state index contributed by atoms with van der Waals surface area (Å²) in [6, 6.07) is 21.9. The molecule has 0 unspecified atom stereocenters. The van der Waals surface area contributed by atoms with Crippen LogP contribution in [0.25, 0.3) is 11.1 Å². The van der Waals surface area contributed by atoms with Crippen LogP contribution in [-0.2, 0) is 4.74 Å². The summed E-state index contributed by atoms with van der Waals surface area (Å²) in [7, 11) is 0. The molecule has 3 aromatic carbocycles. The van der Waals surface area contributed by atoms with Crippen LogP contribution in [-0.4, -0.2) is 6.79 Å². The van der Waals surface area contributed by atoms with Crippen molar-refractivity contribution in [3.05, 3.63) is 82.9 Å². The molecule has 7 rings (SSSR count). The van der Waals surface area contributed by atoms with Crippen molar-refractivity contribution in [2.45, 2.75) is 24.0 Å². The number of hydrogen-bond donors (Lipinski definition) is 0.